The second-order valence-electron chi connectivity index (χ2n) is 2.21. The zero-order valence-electron chi connectivity index (χ0n) is 7.28. The Hall–Kier alpha value is -0.700. The van der Waals surface area contributed by atoms with Gasteiger partial charge in [-0.2, -0.15) is 0 Å². The molecule has 1 rings (SSSR count). The molecule has 4 heteroatoms. The van der Waals surface area contributed by atoms with Crippen molar-refractivity contribution in [2.45, 2.75) is 26.2 Å². The van der Waals surface area contributed by atoms with Crippen LogP contribution in [-0.4, -0.2) is 21.3 Å². The van der Waals surface area contributed by atoms with Gasteiger partial charge in [0.2, 0.25) is 0 Å². The van der Waals surface area contributed by atoms with Gasteiger partial charge < -0.3 is 0 Å². The van der Waals surface area contributed by atoms with Gasteiger partial charge in [-0.3, -0.25) is 0 Å². The maximum absolute atomic E-state index is 5.38. The zero-order valence-corrected chi connectivity index (χ0v) is 8.04. The number of hydrogen-bond donors (Lipinski definition) is 0. The van der Waals surface area contributed by atoms with Gasteiger partial charge in [0.15, 0.2) is 0 Å². The van der Waals surface area contributed by atoms with Crippen molar-refractivity contribution < 1.29 is 0 Å². The van der Waals surface area contributed by atoms with E-state index in [1.54, 1.807) is 18.5 Å². The molecule has 0 saturated carbocycles. The number of unbranched alkanes of at least 4 members (excludes halogenated alkanes) is 2. The molecule has 0 aliphatic rings. The molecule has 12 heavy (non-hydrogen) atoms. The van der Waals surface area contributed by atoms with Crippen molar-refractivity contribution in [1.82, 2.24) is 15.4 Å². The van der Waals surface area contributed by atoms with E-state index >= 15 is 0 Å². The largest absolute Gasteiger partial charge is 0.139 e. The van der Waals surface area contributed by atoms with Crippen molar-refractivity contribution in [1.29, 1.82) is 0 Å². The molecule has 1 aromatic rings. The molecule has 0 aromatic carbocycles. The van der Waals surface area contributed by atoms with E-state index in [4.69, 9.17) is 11.6 Å². The van der Waals surface area contributed by atoms with Crippen molar-refractivity contribution in [3.63, 3.8) is 0 Å². The summed E-state index contributed by atoms with van der Waals surface area (Å²) in [5.74, 6) is 0.827. The SMILES string of the molecule is CCCCCCl.c1cnnnc1. The summed E-state index contributed by atoms with van der Waals surface area (Å²) < 4.78 is 0. The lowest BCUT2D eigenvalue weighted by atomic mass is 10.3. The molecular weight excluding hydrogens is 174 g/mol. The quantitative estimate of drug-likeness (QED) is 0.539. The van der Waals surface area contributed by atoms with Crippen molar-refractivity contribution in [3.8, 4) is 0 Å². The van der Waals surface area contributed by atoms with Crippen molar-refractivity contribution in [2.24, 2.45) is 0 Å². The van der Waals surface area contributed by atoms with E-state index in [1.165, 1.54) is 19.3 Å². The van der Waals surface area contributed by atoms with E-state index < -0.39 is 0 Å². The smallest absolute Gasteiger partial charge is 0.0529 e. The number of halogens is 1. The molecule has 0 spiro atoms. The monoisotopic (exact) mass is 187 g/mol. The maximum atomic E-state index is 5.38. The Labute approximate surface area is 78.2 Å². The Bertz CT molecular complexity index is 127. The number of hydrogen-bond acceptors (Lipinski definition) is 3. The van der Waals surface area contributed by atoms with Crippen molar-refractivity contribution >= 4 is 11.6 Å². The predicted molar refractivity (Wildman–Crippen MR) is 50.1 cm³/mol. The normalized spacial score (nSPS) is 8.50. The van der Waals surface area contributed by atoms with Crippen LogP contribution in [-0.2, 0) is 0 Å². The van der Waals surface area contributed by atoms with Crippen LogP contribution in [0.4, 0.5) is 0 Å². The summed E-state index contributed by atoms with van der Waals surface area (Å²) in [7, 11) is 0. The molecule has 0 fully saturated rings. The summed E-state index contributed by atoms with van der Waals surface area (Å²) in [6.07, 6.45) is 6.88. The minimum Gasteiger partial charge on any atom is -0.139 e. The van der Waals surface area contributed by atoms with E-state index in [-0.39, 0.29) is 0 Å². The van der Waals surface area contributed by atoms with Crippen LogP contribution < -0.4 is 0 Å². The van der Waals surface area contributed by atoms with Crippen LogP contribution in [0, 0.1) is 0 Å². The Morgan fingerprint density at radius 1 is 1.17 bits per heavy atom. The molecule has 0 aliphatic carbocycles. The maximum Gasteiger partial charge on any atom is 0.0529 e. The number of aromatic nitrogens is 3. The molecule has 0 unspecified atom stereocenters. The highest BCUT2D eigenvalue weighted by molar-refractivity contribution is 6.17. The first kappa shape index (κ1) is 11.3. The van der Waals surface area contributed by atoms with Crippen LogP contribution in [0.1, 0.15) is 26.2 Å². The molecule has 0 aliphatic heterocycles. The van der Waals surface area contributed by atoms with E-state index in [1.807, 2.05) is 0 Å². The summed E-state index contributed by atoms with van der Waals surface area (Å²) in [6.45, 7) is 2.17. The fourth-order valence-corrected chi connectivity index (χ4v) is 0.738. The Morgan fingerprint density at radius 2 is 1.83 bits per heavy atom. The molecule has 0 atom stereocenters. The molecule has 1 heterocycles. The molecule has 0 radical (unpaired) electrons. The summed E-state index contributed by atoms with van der Waals surface area (Å²) in [4.78, 5) is 0. The Balaban J connectivity index is 0.000000202. The van der Waals surface area contributed by atoms with Crippen LogP contribution in [0.2, 0.25) is 0 Å². The standard InChI is InChI=1S/C5H11Cl.C3H3N3/c1-2-3-4-5-6;1-2-4-6-5-3-1/h2-5H2,1H3;1-3H. The fourth-order valence-electron chi connectivity index (χ4n) is 0.549. The highest BCUT2D eigenvalue weighted by Gasteiger charge is 1.76. The molecule has 68 valence electrons. The van der Waals surface area contributed by atoms with Crippen LogP contribution in [0.15, 0.2) is 18.5 Å². The highest BCUT2D eigenvalue weighted by atomic mass is 35.5. The lowest BCUT2D eigenvalue weighted by Gasteiger charge is -1.84. The van der Waals surface area contributed by atoms with Gasteiger partial charge in [0.25, 0.3) is 0 Å². The van der Waals surface area contributed by atoms with E-state index in [0.717, 1.165) is 5.88 Å². The number of rotatable bonds is 3. The summed E-state index contributed by atoms with van der Waals surface area (Å²) in [6, 6.07) is 1.72. The second kappa shape index (κ2) is 10.3. The first-order chi connectivity index (χ1) is 5.91. The Kier molecular flexibility index (Phi) is 9.70. The van der Waals surface area contributed by atoms with E-state index in [0.29, 0.717) is 0 Å². The van der Waals surface area contributed by atoms with Gasteiger partial charge in [0.1, 0.15) is 0 Å². The predicted octanol–water partition coefficient (Wildman–Crippen LogP) is 2.29. The topological polar surface area (TPSA) is 38.7 Å². The molecule has 1 aromatic heterocycles. The molecular formula is C8H14ClN3. The Morgan fingerprint density at radius 3 is 2.00 bits per heavy atom. The molecule has 0 amide bonds. The number of alkyl halides is 1. The lowest BCUT2D eigenvalue weighted by molar-refractivity contribution is 0.776. The average molecular weight is 188 g/mol. The average Bonchev–Trinajstić information content (AvgIpc) is 2.18. The second-order valence-corrected chi connectivity index (χ2v) is 2.59. The molecule has 3 nitrogen and oxygen atoms in total. The molecule has 0 N–H and O–H groups in total. The number of nitrogens with zero attached hydrogens (tertiary/aromatic N) is 3. The van der Waals surface area contributed by atoms with Crippen molar-refractivity contribution in [3.05, 3.63) is 18.5 Å². The fraction of sp³-hybridized carbons (Fsp3) is 0.625. The van der Waals surface area contributed by atoms with Gasteiger partial charge in [0, 0.05) is 5.88 Å². The van der Waals surface area contributed by atoms with E-state index in [2.05, 4.69) is 22.3 Å². The van der Waals surface area contributed by atoms with Crippen LogP contribution in [0.3, 0.4) is 0 Å². The van der Waals surface area contributed by atoms with Gasteiger partial charge >= 0.3 is 0 Å². The summed E-state index contributed by atoms with van der Waals surface area (Å²) in [5, 5.41) is 10.1. The van der Waals surface area contributed by atoms with Gasteiger partial charge in [-0.05, 0) is 17.7 Å². The summed E-state index contributed by atoms with van der Waals surface area (Å²) in [5.41, 5.74) is 0. The third-order valence-corrected chi connectivity index (χ3v) is 1.41. The summed E-state index contributed by atoms with van der Waals surface area (Å²) >= 11 is 5.38. The van der Waals surface area contributed by atoms with Gasteiger partial charge in [-0.25, -0.2) is 0 Å². The minimum absolute atomic E-state index is 0.827. The van der Waals surface area contributed by atoms with Crippen LogP contribution in [0.25, 0.3) is 0 Å². The van der Waals surface area contributed by atoms with Gasteiger partial charge in [0.05, 0.1) is 12.4 Å². The first-order valence-corrected chi connectivity index (χ1v) is 4.59. The van der Waals surface area contributed by atoms with Gasteiger partial charge in [-0.1, -0.05) is 19.8 Å². The zero-order chi connectivity index (χ0) is 9.07. The lowest BCUT2D eigenvalue weighted by Crippen LogP contribution is -1.78. The van der Waals surface area contributed by atoms with Crippen LogP contribution in [0.5, 0.6) is 0 Å². The molecule has 0 bridgehead atoms. The minimum atomic E-state index is 0.827. The third-order valence-electron chi connectivity index (χ3n) is 1.15. The van der Waals surface area contributed by atoms with Crippen LogP contribution >= 0.6 is 11.6 Å². The van der Waals surface area contributed by atoms with E-state index in [9.17, 15) is 0 Å². The third kappa shape index (κ3) is 9.30. The highest BCUT2D eigenvalue weighted by Crippen LogP contribution is 1.93. The van der Waals surface area contributed by atoms with Crippen molar-refractivity contribution in [2.75, 3.05) is 5.88 Å². The molecule has 0 saturated heterocycles. The first-order valence-electron chi connectivity index (χ1n) is 4.06. The van der Waals surface area contributed by atoms with Gasteiger partial charge in [-0.15, -0.1) is 21.8 Å².